The first-order chi connectivity index (χ1) is 6.75. The second-order valence-electron chi connectivity index (χ2n) is 4.69. The highest BCUT2D eigenvalue weighted by Crippen LogP contribution is 2.18. The lowest BCUT2D eigenvalue weighted by Gasteiger charge is -2.38. The standard InChI is InChI=1S/C12H26N2/c1-4-8-13-10-12-7-5-6-9-14(12)11(2)3/h11-13H,4-10H2,1-3H3. The Bertz CT molecular complexity index is 145. The van der Waals surface area contributed by atoms with Gasteiger partial charge in [-0.2, -0.15) is 0 Å². The van der Waals surface area contributed by atoms with Crippen molar-refractivity contribution < 1.29 is 0 Å². The Labute approximate surface area is 89.1 Å². The van der Waals surface area contributed by atoms with E-state index in [0.29, 0.717) is 6.04 Å². The molecule has 0 aromatic carbocycles. The van der Waals surface area contributed by atoms with Gasteiger partial charge < -0.3 is 5.32 Å². The number of rotatable bonds is 5. The zero-order chi connectivity index (χ0) is 10.4. The molecule has 2 heteroatoms. The minimum atomic E-state index is 0.712. The van der Waals surface area contributed by atoms with Gasteiger partial charge in [0, 0.05) is 18.6 Å². The Balaban J connectivity index is 2.30. The number of nitrogens with zero attached hydrogens (tertiary/aromatic N) is 1. The van der Waals surface area contributed by atoms with Crippen LogP contribution in [0.4, 0.5) is 0 Å². The molecule has 1 unspecified atom stereocenters. The second kappa shape index (κ2) is 6.41. The molecule has 0 aliphatic carbocycles. The van der Waals surface area contributed by atoms with E-state index in [1.165, 1.54) is 45.3 Å². The highest BCUT2D eigenvalue weighted by atomic mass is 15.2. The van der Waals surface area contributed by atoms with Gasteiger partial charge in [0.25, 0.3) is 0 Å². The van der Waals surface area contributed by atoms with E-state index in [-0.39, 0.29) is 0 Å². The molecule has 0 saturated carbocycles. The second-order valence-corrected chi connectivity index (χ2v) is 4.69. The van der Waals surface area contributed by atoms with Gasteiger partial charge in [-0.1, -0.05) is 13.3 Å². The molecule has 0 bridgehead atoms. The normalized spacial score (nSPS) is 24.4. The molecule has 0 radical (unpaired) electrons. The van der Waals surface area contributed by atoms with Gasteiger partial charge in [-0.05, 0) is 46.2 Å². The fourth-order valence-electron chi connectivity index (χ4n) is 2.37. The summed E-state index contributed by atoms with van der Waals surface area (Å²) in [5, 5.41) is 3.55. The summed E-state index contributed by atoms with van der Waals surface area (Å²) in [6.07, 6.45) is 5.44. The molecule has 14 heavy (non-hydrogen) atoms. The van der Waals surface area contributed by atoms with Crippen molar-refractivity contribution in [1.82, 2.24) is 10.2 Å². The number of piperidine rings is 1. The van der Waals surface area contributed by atoms with Crippen LogP contribution in [0, 0.1) is 0 Å². The Morgan fingerprint density at radius 3 is 2.79 bits per heavy atom. The first-order valence-electron chi connectivity index (χ1n) is 6.22. The van der Waals surface area contributed by atoms with Crippen molar-refractivity contribution in [3.8, 4) is 0 Å². The van der Waals surface area contributed by atoms with Crippen molar-refractivity contribution in [2.75, 3.05) is 19.6 Å². The van der Waals surface area contributed by atoms with Crippen molar-refractivity contribution in [2.45, 2.75) is 58.5 Å². The summed E-state index contributed by atoms with van der Waals surface area (Å²) in [7, 11) is 0. The van der Waals surface area contributed by atoms with Crippen LogP contribution in [0.3, 0.4) is 0 Å². The van der Waals surface area contributed by atoms with E-state index in [1.54, 1.807) is 0 Å². The lowest BCUT2D eigenvalue weighted by molar-refractivity contribution is 0.110. The molecule has 1 rings (SSSR count). The van der Waals surface area contributed by atoms with Crippen molar-refractivity contribution in [3.05, 3.63) is 0 Å². The third kappa shape index (κ3) is 3.58. The third-order valence-electron chi connectivity index (χ3n) is 3.14. The van der Waals surface area contributed by atoms with Crippen LogP contribution in [0.15, 0.2) is 0 Å². The molecule has 1 aliphatic rings. The average molecular weight is 198 g/mol. The van der Waals surface area contributed by atoms with Gasteiger partial charge in [0.1, 0.15) is 0 Å². The first kappa shape index (κ1) is 12.0. The monoisotopic (exact) mass is 198 g/mol. The topological polar surface area (TPSA) is 15.3 Å². The Hall–Kier alpha value is -0.0800. The first-order valence-corrected chi connectivity index (χ1v) is 6.22. The van der Waals surface area contributed by atoms with Gasteiger partial charge in [-0.3, -0.25) is 4.90 Å². The number of hydrogen-bond acceptors (Lipinski definition) is 2. The van der Waals surface area contributed by atoms with Gasteiger partial charge in [-0.25, -0.2) is 0 Å². The third-order valence-corrected chi connectivity index (χ3v) is 3.14. The summed E-state index contributed by atoms with van der Waals surface area (Å²) in [5.74, 6) is 0. The Kier molecular flexibility index (Phi) is 5.49. The fourth-order valence-corrected chi connectivity index (χ4v) is 2.37. The number of hydrogen-bond donors (Lipinski definition) is 1. The van der Waals surface area contributed by atoms with Crippen LogP contribution in [0.5, 0.6) is 0 Å². The predicted octanol–water partition coefficient (Wildman–Crippen LogP) is 2.25. The van der Waals surface area contributed by atoms with E-state index < -0.39 is 0 Å². The molecule has 1 heterocycles. The predicted molar refractivity (Wildman–Crippen MR) is 62.6 cm³/mol. The lowest BCUT2D eigenvalue weighted by atomic mass is 10.0. The van der Waals surface area contributed by atoms with E-state index >= 15 is 0 Å². The maximum atomic E-state index is 3.55. The van der Waals surface area contributed by atoms with Crippen LogP contribution in [0.1, 0.15) is 46.5 Å². The maximum absolute atomic E-state index is 3.55. The van der Waals surface area contributed by atoms with E-state index in [2.05, 4.69) is 31.0 Å². The summed E-state index contributed by atoms with van der Waals surface area (Å²) in [6, 6.07) is 1.50. The zero-order valence-corrected chi connectivity index (χ0v) is 10.1. The van der Waals surface area contributed by atoms with Gasteiger partial charge in [0.15, 0.2) is 0 Å². The molecule has 1 fully saturated rings. The van der Waals surface area contributed by atoms with E-state index in [1.807, 2.05) is 0 Å². The minimum absolute atomic E-state index is 0.712. The van der Waals surface area contributed by atoms with Crippen LogP contribution < -0.4 is 5.32 Å². The summed E-state index contributed by atoms with van der Waals surface area (Å²) in [4.78, 5) is 2.66. The summed E-state index contributed by atoms with van der Waals surface area (Å²) in [5.41, 5.74) is 0. The van der Waals surface area contributed by atoms with Crippen molar-refractivity contribution in [1.29, 1.82) is 0 Å². The van der Waals surface area contributed by atoms with Crippen molar-refractivity contribution >= 4 is 0 Å². The molecule has 0 spiro atoms. The van der Waals surface area contributed by atoms with Crippen LogP contribution in [-0.4, -0.2) is 36.6 Å². The zero-order valence-electron chi connectivity index (χ0n) is 10.1. The van der Waals surface area contributed by atoms with Gasteiger partial charge in [0.05, 0.1) is 0 Å². The fraction of sp³-hybridized carbons (Fsp3) is 1.00. The van der Waals surface area contributed by atoms with Gasteiger partial charge in [0.2, 0.25) is 0 Å². The van der Waals surface area contributed by atoms with Gasteiger partial charge >= 0.3 is 0 Å². The largest absolute Gasteiger partial charge is 0.315 e. The summed E-state index contributed by atoms with van der Waals surface area (Å²) in [6.45, 7) is 10.5. The molecule has 1 atom stereocenters. The smallest absolute Gasteiger partial charge is 0.0223 e. The molecule has 0 aromatic rings. The maximum Gasteiger partial charge on any atom is 0.0223 e. The minimum Gasteiger partial charge on any atom is -0.315 e. The molecule has 84 valence electrons. The SMILES string of the molecule is CCCNCC1CCCCN1C(C)C. The molecule has 0 aromatic heterocycles. The van der Waals surface area contributed by atoms with Crippen molar-refractivity contribution in [3.63, 3.8) is 0 Å². The molecule has 1 N–H and O–H groups in total. The molecule has 1 saturated heterocycles. The van der Waals surface area contributed by atoms with Gasteiger partial charge in [-0.15, -0.1) is 0 Å². The molecular formula is C12H26N2. The molecule has 1 aliphatic heterocycles. The van der Waals surface area contributed by atoms with Crippen LogP contribution in [-0.2, 0) is 0 Å². The average Bonchev–Trinajstić information content (AvgIpc) is 2.19. The van der Waals surface area contributed by atoms with E-state index in [4.69, 9.17) is 0 Å². The van der Waals surface area contributed by atoms with Crippen LogP contribution in [0.2, 0.25) is 0 Å². The molecular weight excluding hydrogens is 172 g/mol. The Morgan fingerprint density at radius 2 is 2.14 bits per heavy atom. The van der Waals surface area contributed by atoms with E-state index in [0.717, 1.165) is 6.04 Å². The molecule has 2 nitrogen and oxygen atoms in total. The van der Waals surface area contributed by atoms with E-state index in [9.17, 15) is 0 Å². The highest BCUT2D eigenvalue weighted by Gasteiger charge is 2.23. The number of likely N-dealkylation sites (tertiary alicyclic amines) is 1. The lowest BCUT2D eigenvalue weighted by Crippen LogP contribution is -2.48. The van der Waals surface area contributed by atoms with Crippen LogP contribution in [0.25, 0.3) is 0 Å². The Morgan fingerprint density at radius 1 is 1.36 bits per heavy atom. The quantitative estimate of drug-likeness (QED) is 0.682. The number of nitrogens with one attached hydrogen (secondary N) is 1. The summed E-state index contributed by atoms with van der Waals surface area (Å²) < 4.78 is 0. The molecule has 0 amide bonds. The highest BCUT2D eigenvalue weighted by molar-refractivity contribution is 4.80. The summed E-state index contributed by atoms with van der Waals surface area (Å²) >= 11 is 0. The van der Waals surface area contributed by atoms with Crippen molar-refractivity contribution in [2.24, 2.45) is 0 Å². The van der Waals surface area contributed by atoms with Crippen LogP contribution >= 0.6 is 0 Å².